The summed E-state index contributed by atoms with van der Waals surface area (Å²) in [5.74, 6) is 1.12. The fraction of sp³-hybridized carbons (Fsp3) is 0.269. The molecular formula is C26H27NO4S. The van der Waals surface area contributed by atoms with E-state index < -0.39 is 10.0 Å². The molecule has 0 radical (unpaired) electrons. The Morgan fingerprint density at radius 2 is 1.69 bits per heavy atom. The predicted molar refractivity (Wildman–Crippen MR) is 126 cm³/mol. The van der Waals surface area contributed by atoms with E-state index in [9.17, 15) is 13.2 Å². The average Bonchev–Trinajstić information content (AvgIpc) is 3.47. The lowest BCUT2D eigenvalue weighted by Crippen LogP contribution is -2.30. The molecule has 1 aliphatic rings. The van der Waals surface area contributed by atoms with Crippen LogP contribution in [-0.2, 0) is 22.9 Å². The molecule has 0 N–H and O–H groups in total. The van der Waals surface area contributed by atoms with Gasteiger partial charge in [-0.15, -0.1) is 0 Å². The monoisotopic (exact) mass is 449 g/mol. The van der Waals surface area contributed by atoms with E-state index >= 15 is 0 Å². The summed E-state index contributed by atoms with van der Waals surface area (Å²) < 4.78 is 32.5. The van der Waals surface area contributed by atoms with E-state index in [1.807, 2.05) is 32.0 Å². The molecule has 0 amide bonds. The van der Waals surface area contributed by atoms with Crippen LogP contribution in [0.3, 0.4) is 0 Å². The molecule has 0 aliphatic heterocycles. The molecule has 1 aliphatic carbocycles. The van der Waals surface area contributed by atoms with Crippen molar-refractivity contribution < 1.29 is 17.6 Å². The van der Waals surface area contributed by atoms with Gasteiger partial charge in [-0.05, 0) is 85.0 Å². The Kier molecular flexibility index (Phi) is 6.44. The van der Waals surface area contributed by atoms with E-state index in [4.69, 9.17) is 4.42 Å². The minimum Gasteiger partial charge on any atom is -0.457 e. The number of furan rings is 1. The molecule has 0 spiro atoms. The molecule has 32 heavy (non-hydrogen) atoms. The zero-order chi connectivity index (χ0) is 22.7. The van der Waals surface area contributed by atoms with E-state index in [2.05, 4.69) is 6.07 Å². The summed E-state index contributed by atoms with van der Waals surface area (Å²) in [6, 6.07) is 16.2. The van der Waals surface area contributed by atoms with Gasteiger partial charge in [-0.3, -0.25) is 4.79 Å². The molecule has 4 rings (SSSR count). The largest absolute Gasteiger partial charge is 0.457 e. The van der Waals surface area contributed by atoms with Gasteiger partial charge in [0.05, 0.1) is 4.90 Å². The van der Waals surface area contributed by atoms with Gasteiger partial charge in [0.25, 0.3) is 0 Å². The van der Waals surface area contributed by atoms with Gasteiger partial charge in [-0.25, -0.2) is 8.42 Å². The predicted octanol–water partition coefficient (Wildman–Crippen LogP) is 5.36. The van der Waals surface area contributed by atoms with Crippen LogP contribution in [0.25, 0.3) is 17.4 Å². The van der Waals surface area contributed by atoms with Gasteiger partial charge in [0.1, 0.15) is 11.5 Å². The number of allylic oxidation sites excluding steroid dienone is 1. The van der Waals surface area contributed by atoms with Crippen LogP contribution in [0, 0.1) is 0 Å². The molecule has 2 aromatic carbocycles. The first kappa shape index (κ1) is 22.2. The van der Waals surface area contributed by atoms with Crippen LogP contribution in [0.15, 0.2) is 70.0 Å². The highest BCUT2D eigenvalue weighted by Crippen LogP contribution is 2.26. The average molecular weight is 450 g/mol. The Hall–Kier alpha value is -2.96. The normalized spacial score (nSPS) is 13.7. The summed E-state index contributed by atoms with van der Waals surface area (Å²) in [4.78, 5) is 12.8. The number of carbonyl (C=O) groups is 1. The highest BCUT2D eigenvalue weighted by atomic mass is 32.2. The number of carbonyl (C=O) groups excluding carboxylic acids is 1. The second kappa shape index (κ2) is 9.27. The van der Waals surface area contributed by atoms with Gasteiger partial charge < -0.3 is 4.42 Å². The molecule has 0 saturated heterocycles. The third kappa shape index (κ3) is 4.47. The molecule has 5 nitrogen and oxygen atoms in total. The van der Waals surface area contributed by atoms with Crippen molar-refractivity contribution in [1.29, 1.82) is 0 Å². The van der Waals surface area contributed by atoms with Crippen molar-refractivity contribution in [3.8, 4) is 11.3 Å². The van der Waals surface area contributed by atoms with Crippen molar-refractivity contribution in [3.05, 3.63) is 83.1 Å². The number of benzene rings is 2. The van der Waals surface area contributed by atoms with Crippen molar-refractivity contribution in [3.63, 3.8) is 0 Å². The fourth-order valence-corrected chi connectivity index (χ4v) is 5.54. The molecular weight excluding hydrogens is 422 g/mol. The number of ketones is 1. The first-order chi connectivity index (χ1) is 15.4. The Balaban J connectivity index is 1.47. The molecule has 0 saturated carbocycles. The maximum atomic E-state index is 12.6. The number of sulfonamides is 1. The van der Waals surface area contributed by atoms with E-state index in [-0.39, 0.29) is 10.7 Å². The third-order valence-corrected chi connectivity index (χ3v) is 7.95. The molecule has 3 aromatic rings. The van der Waals surface area contributed by atoms with E-state index in [0.717, 1.165) is 24.8 Å². The maximum absolute atomic E-state index is 12.6. The van der Waals surface area contributed by atoms with Crippen LogP contribution in [0.1, 0.15) is 47.5 Å². The van der Waals surface area contributed by atoms with E-state index in [1.54, 1.807) is 36.4 Å². The summed E-state index contributed by atoms with van der Waals surface area (Å²) in [5.41, 5.74) is 4.08. The van der Waals surface area contributed by atoms with Crippen LogP contribution in [-0.4, -0.2) is 31.6 Å². The minimum atomic E-state index is -3.49. The summed E-state index contributed by atoms with van der Waals surface area (Å²) >= 11 is 0. The van der Waals surface area contributed by atoms with Gasteiger partial charge >= 0.3 is 0 Å². The van der Waals surface area contributed by atoms with Crippen molar-refractivity contribution >= 4 is 21.9 Å². The lowest BCUT2D eigenvalue weighted by atomic mass is 10.0. The standard InChI is InChI=1S/C26H27NO4S/c1-3-27(4-2)32(29,30)24-14-10-20(11-15-24)26-17-13-23(31-26)12-16-25(28)22-9-8-19-6-5-7-21(19)18-22/h8-18H,3-7H2,1-2H3/b16-12+. The highest BCUT2D eigenvalue weighted by Gasteiger charge is 2.21. The van der Waals surface area contributed by atoms with Crippen molar-refractivity contribution in [2.24, 2.45) is 0 Å². The van der Waals surface area contributed by atoms with Gasteiger partial charge in [0.15, 0.2) is 5.78 Å². The molecule has 0 atom stereocenters. The van der Waals surface area contributed by atoms with E-state index in [0.29, 0.717) is 30.2 Å². The number of rotatable bonds is 8. The lowest BCUT2D eigenvalue weighted by Gasteiger charge is -2.18. The third-order valence-electron chi connectivity index (χ3n) is 5.89. The Morgan fingerprint density at radius 1 is 0.969 bits per heavy atom. The van der Waals surface area contributed by atoms with Crippen molar-refractivity contribution in [1.82, 2.24) is 4.31 Å². The highest BCUT2D eigenvalue weighted by molar-refractivity contribution is 7.89. The Bertz CT molecular complexity index is 1250. The summed E-state index contributed by atoms with van der Waals surface area (Å²) in [6.07, 6.45) is 6.48. The lowest BCUT2D eigenvalue weighted by molar-refractivity contribution is 0.104. The molecule has 166 valence electrons. The molecule has 0 fully saturated rings. The quantitative estimate of drug-likeness (QED) is 0.343. The SMILES string of the molecule is CCN(CC)S(=O)(=O)c1ccc(-c2ccc(/C=C/C(=O)c3ccc4c(c3)CCC4)o2)cc1. The maximum Gasteiger partial charge on any atom is 0.243 e. The van der Waals surface area contributed by atoms with Crippen LogP contribution < -0.4 is 0 Å². The molecule has 1 heterocycles. The van der Waals surface area contributed by atoms with Gasteiger partial charge in [0.2, 0.25) is 10.0 Å². The number of fused-ring (bicyclic) bond motifs is 1. The second-order valence-corrected chi connectivity index (χ2v) is 9.79. The Labute approximate surface area is 189 Å². The van der Waals surface area contributed by atoms with Gasteiger partial charge in [-0.2, -0.15) is 4.31 Å². The molecule has 1 aromatic heterocycles. The van der Waals surface area contributed by atoms with E-state index in [1.165, 1.54) is 21.5 Å². The van der Waals surface area contributed by atoms with Gasteiger partial charge in [0, 0.05) is 24.2 Å². The minimum absolute atomic E-state index is 0.0522. The second-order valence-electron chi connectivity index (χ2n) is 7.85. The number of hydrogen-bond acceptors (Lipinski definition) is 4. The summed E-state index contributed by atoms with van der Waals surface area (Å²) in [5, 5.41) is 0. The first-order valence-electron chi connectivity index (χ1n) is 11.0. The van der Waals surface area contributed by atoms with Crippen LogP contribution in [0.4, 0.5) is 0 Å². The molecule has 6 heteroatoms. The van der Waals surface area contributed by atoms with Crippen LogP contribution >= 0.6 is 0 Å². The number of hydrogen-bond donors (Lipinski definition) is 0. The topological polar surface area (TPSA) is 67.6 Å². The molecule has 0 bridgehead atoms. The fourth-order valence-electron chi connectivity index (χ4n) is 4.08. The smallest absolute Gasteiger partial charge is 0.243 e. The van der Waals surface area contributed by atoms with Crippen LogP contribution in [0.2, 0.25) is 0 Å². The summed E-state index contributed by atoms with van der Waals surface area (Å²) in [7, 11) is -3.49. The zero-order valence-electron chi connectivity index (χ0n) is 18.4. The zero-order valence-corrected chi connectivity index (χ0v) is 19.2. The summed E-state index contributed by atoms with van der Waals surface area (Å²) in [6.45, 7) is 4.50. The first-order valence-corrected chi connectivity index (χ1v) is 12.4. The van der Waals surface area contributed by atoms with Crippen molar-refractivity contribution in [2.45, 2.75) is 38.0 Å². The van der Waals surface area contributed by atoms with Crippen LogP contribution in [0.5, 0.6) is 0 Å². The molecule has 0 unspecified atom stereocenters. The van der Waals surface area contributed by atoms with Gasteiger partial charge in [-0.1, -0.05) is 26.0 Å². The number of aryl methyl sites for hydroxylation is 2. The van der Waals surface area contributed by atoms with Crippen molar-refractivity contribution in [2.75, 3.05) is 13.1 Å². The number of nitrogens with zero attached hydrogens (tertiary/aromatic N) is 1. The Morgan fingerprint density at radius 3 is 2.41 bits per heavy atom.